The van der Waals surface area contributed by atoms with Crippen LogP contribution in [0.15, 0.2) is 35.4 Å². The van der Waals surface area contributed by atoms with E-state index < -0.39 is 0 Å². The zero-order chi connectivity index (χ0) is 11.5. The van der Waals surface area contributed by atoms with E-state index in [0.29, 0.717) is 10.9 Å². The Morgan fingerprint density at radius 3 is 3.00 bits per heavy atom. The van der Waals surface area contributed by atoms with E-state index in [1.54, 1.807) is 18.2 Å². The van der Waals surface area contributed by atoms with Crippen LogP contribution < -0.4 is 16.6 Å². The van der Waals surface area contributed by atoms with E-state index in [4.69, 9.17) is 5.73 Å². The summed E-state index contributed by atoms with van der Waals surface area (Å²) in [4.78, 5) is 16.1. The number of para-hydroxylation sites is 1. The van der Waals surface area contributed by atoms with Gasteiger partial charge in [-0.05, 0) is 24.4 Å². The highest BCUT2D eigenvalue weighted by Crippen LogP contribution is 2.03. The number of fused-ring (bicyclic) bond motifs is 1. The SMILES string of the molecule is NC(=S)NCn1cnc2ccccc2c1=O. The fraction of sp³-hybridized carbons (Fsp3) is 0.100. The minimum atomic E-state index is -0.116. The first kappa shape index (κ1) is 10.6. The standard InChI is InChI=1S/C10H10N4OS/c11-10(16)13-6-14-5-12-8-4-2-1-3-7(8)9(14)15/h1-5H,6H2,(H3,11,13,16). The largest absolute Gasteiger partial charge is 0.376 e. The van der Waals surface area contributed by atoms with Crippen molar-refractivity contribution >= 4 is 28.2 Å². The van der Waals surface area contributed by atoms with E-state index in [-0.39, 0.29) is 17.3 Å². The molecule has 0 aliphatic carbocycles. The summed E-state index contributed by atoms with van der Waals surface area (Å²) in [6, 6.07) is 7.17. The van der Waals surface area contributed by atoms with Crippen LogP contribution in [0.2, 0.25) is 0 Å². The number of thiocarbonyl (C=S) groups is 1. The molecule has 0 saturated carbocycles. The van der Waals surface area contributed by atoms with Crippen LogP contribution in [0.4, 0.5) is 0 Å². The Labute approximate surface area is 96.9 Å². The van der Waals surface area contributed by atoms with Crippen LogP contribution in [0.5, 0.6) is 0 Å². The number of nitrogens with zero attached hydrogens (tertiary/aromatic N) is 2. The molecule has 0 bridgehead atoms. The quantitative estimate of drug-likeness (QED) is 0.726. The van der Waals surface area contributed by atoms with Crippen LogP contribution in [0, 0.1) is 0 Å². The Hall–Kier alpha value is -1.95. The van der Waals surface area contributed by atoms with Gasteiger partial charge in [-0.2, -0.15) is 0 Å². The lowest BCUT2D eigenvalue weighted by Gasteiger charge is -2.07. The van der Waals surface area contributed by atoms with Gasteiger partial charge in [0.1, 0.15) is 0 Å². The summed E-state index contributed by atoms with van der Waals surface area (Å²) in [5.41, 5.74) is 5.85. The van der Waals surface area contributed by atoms with E-state index in [1.807, 2.05) is 6.07 Å². The maximum absolute atomic E-state index is 11.9. The highest BCUT2D eigenvalue weighted by molar-refractivity contribution is 7.80. The Kier molecular flexibility index (Phi) is 2.82. The summed E-state index contributed by atoms with van der Waals surface area (Å²) in [6.45, 7) is 0.228. The van der Waals surface area contributed by atoms with Crippen molar-refractivity contribution in [3.63, 3.8) is 0 Å². The van der Waals surface area contributed by atoms with Crippen molar-refractivity contribution in [1.29, 1.82) is 0 Å². The van der Waals surface area contributed by atoms with E-state index in [1.165, 1.54) is 10.9 Å². The number of nitrogens with one attached hydrogen (secondary N) is 1. The first-order valence-electron chi connectivity index (χ1n) is 4.66. The molecular weight excluding hydrogens is 224 g/mol. The molecular formula is C10H10N4OS. The Morgan fingerprint density at radius 2 is 2.25 bits per heavy atom. The maximum Gasteiger partial charge on any atom is 0.262 e. The molecule has 3 N–H and O–H groups in total. The van der Waals surface area contributed by atoms with Gasteiger partial charge in [0.2, 0.25) is 0 Å². The number of rotatable bonds is 2. The highest BCUT2D eigenvalue weighted by Gasteiger charge is 2.02. The number of nitrogens with two attached hydrogens (primary N) is 1. The first-order valence-corrected chi connectivity index (χ1v) is 5.07. The Morgan fingerprint density at radius 1 is 1.50 bits per heavy atom. The van der Waals surface area contributed by atoms with Gasteiger partial charge in [0.05, 0.1) is 23.9 Å². The summed E-state index contributed by atoms with van der Waals surface area (Å²) in [5, 5.41) is 3.43. The van der Waals surface area contributed by atoms with Crippen molar-refractivity contribution in [1.82, 2.24) is 14.9 Å². The number of aromatic nitrogens is 2. The molecule has 0 radical (unpaired) electrons. The predicted molar refractivity (Wildman–Crippen MR) is 65.9 cm³/mol. The molecule has 1 heterocycles. The Balaban J connectivity index is 2.45. The minimum absolute atomic E-state index is 0.116. The Bertz CT molecular complexity index is 593. The summed E-state index contributed by atoms with van der Waals surface area (Å²) < 4.78 is 1.42. The summed E-state index contributed by atoms with van der Waals surface area (Å²) in [7, 11) is 0. The molecule has 0 amide bonds. The zero-order valence-electron chi connectivity index (χ0n) is 8.38. The molecule has 1 aromatic heterocycles. The van der Waals surface area contributed by atoms with Gasteiger partial charge in [-0.25, -0.2) is 4.98 Å². The zero-order valence-corrected chi connectivity index (χ0v) is 9.20. The molecule has 2 rings (SSSR count). The van der Waals surface area contributed by atoms with E-state index in [0.717, 1.165) is 0 Å². The van der Waals surface area contributed by atoms with Gasteiger partial charge < -0.3 is 11.1 Å². The number of benzene rings is 1. The smallest absolute Gasteiger partial charge is 0.262 e. The molecule has 0 saturated heterocycles. The average molecular weight is 234 g/mol. The third-order valence-corrected chi connectivity index (χ3v) is 2.30. The third-order valence-electron chi connectivity index (χ3n) is 2.16. The first-order chi connectivity index (χ1) is 7.68. The lowest BCUT2D eigenvalue weighted by molar-refractivity contribution is 0.636. The van der Waals surface area contributed by atoms with Crippen LogP contribution in [0.3, 0.4) is 0 Å². The molecule has 6 heteroatoms. The summed E-state index contributed by atoms with van der Waals surface area (Å²) in [5.74, 6) is 0. The van der Waals surface area contributed by atoms with Crippen LogP contribution in [0.25, 0.3) is 10.9 Å². The molecule has 0 aliphatic heterocycles. The normalized spacial score (nSPS) is 10.2. The second kappa shape index (κ2) is 4.28. The monoisotopic (exact) mass is 234 g/mol. The highest BCUT2D eigenvalue weighted by atomic mass is 32.1. The van der Waals surface area contributed by atoms with Gasteiger partial charge >= 0.3 is 0 Å². The number of hydrogen-bond donors (Lipinski definition) is 2. The van der Waals surface area contributed by atoms with Crippen molar-refractivity contribution in [3.8, 4) is 0 Å². The van der Waals surface area contributed by atoms with Crippen LogP contribution in [-0.4, -0.2) is 14.7 Å². The van der Waals surface area contributed by atoms with Gasteiger partial charge in [-0.15, -0.1) is 0 Å². The second-order valence-electron chi connectivity index (χ2n) is 3.24. The predicted octanol–water partition coefficient (Wildman–Crippen LogP) is 0.187. The maximum atomic E-state index is 11.9. The van der Waals surface area contributed by atoms with Crippen LogP contribution in [0.1, 0.15) is 0 Å². The molecule has 0 fully saturated rings. The fourth-order valence-electron chi connectivity index (χ4n) is 1.38. The summed E-state index contributed by atoms with van der Waals surface area (Å²) >= 11 is 4.66. The fourth-order valence-corrected chi connectivity index (χ4v) is 1.45. The van der Waals surface area contributed by atoms with Gasteiger partial charge in [-0.3, -0.25) is 9.36 Å². The van der Waals surface area contributed by atoms with Crippen molar-refractivity contribution in [2.45, 2.75) is 6.67 Å². The molecule has 82 valence electrons. The molecule has 0 aliphatic rings. The van der Waals surface area contributed by atoms with E-state index in [2.05, 4.69) is 22.5 Å². The van der Waals surface area contributed by atoms with Crippen molar-refractivity contribution < 1.29 is 0 Å². The minimum Gasteiger partial charge on any atom is -0.376 e. The molecule has 0 atom stereocenters. The van der Waals surface area contributed by atoms with Crippen molar-refractivity contribution in [2.75, 3.05) is 0 Å². The molecule has 0 spiro atoms. The van der Waals surface area contributed by atoms with Gasteiger partial charge in [-0.1, -0.05) is 12.1 Å². The number of hydrogen-bond acceptors (Lipinski definition) is 3. The average Bonchev–Trinajstić information content (AvgIpc) is 2.28. The molecule has 2 aromatic rings. The van der Waals surface area contributed by atoms with Gasteiger partial charge in [0, 0.05) is 0 Å². The lowest BCUT2D eigenvalue weighted by Crippen LogP contribution is -2.35. The lowest BCUT2D eigenvalue weighted by atomic mass is 10.2. The third kappa shape index (κ3) is 2.01. The van der Waals surface area contributed by atoms with Gasteiger partial charge in [0.15, 0.2) is 5.11 Å². The van der Waals surface area contributed by atoms with Gasteiger partial charge in [0.25, 0.3) is 5.56 Å². The van der Waals surface area contributed by atoms with Crippen LogP contribution in [-0.2, 0) is 6.67 Å². The molecule has 1 aromatic carbocycles. The molecule has 5 nitrogen and oxygen atoms in total. The summed E-state index contributed by atoms with van der Waals surface area (Å²) in [6.07, 6.45) is 1.47. The van der Waals surface area contributed by atoms with Crippen molar-refractivity contribution in [3.05, 3.63) is 40.9 Å². The van der Waals surface area contributed by atoms with Crippen LogP contribution >= 0.6 is 12.2 Å². The van der Waals surface area contributed by atoms with Crippen molar-refractivity contribution in [2.24, 2.45) is 5.73 Å². The topological polar surface area (TPSA) is 72.9 Å². The molecule has 0 unspecified atom stereocenters. The van der Waals surface area contributed by atoms with E-state index in [9.17, 15) is 4.79 Å². The second-order valence-corrected chi connectivity index (χ2v) is 3.68. The molecule has 16 heavy (non-hydrogen) atoms. The van der Waals surface area contributed by atoms with E-state index >= 15 is 0 Å².